The molecule has 0 fully saturated rings. The third kappa shape index (κ3) is 2.60. The molecule has 0 atom stereocenters. The first-order chi connectivity index (χ1) is 11.1. The molecule has 4 rings (SSSR count). The summed E-state index contributed by atoms with van der Waals surface area (Å²) < 4.78 is 7.14. The van der Waals surface area contributed by atoms with Gasteiger partial charge in [0.2, 0.25) is 5.88 Å². The van der Waals surface area contributed by atoms with Crippen LogP contribution < -0.4 is 4.74 Å². The zero-order valence-electron chi connectivity index (χ0n) is 12.6. The number of benzene rings is 2. The van der Waals surface area contributed by atoms with E-state index < -0.39 is 0 Å². The molecule has 2 aromatic carbocycles. The minimum Gasteiger partial charge on any atom is -0.438 e. The standard InChI is InChI=1S/C18H13BrN2OS/c1-10-11(2)23-18-16(10)17(20-9-21-18)22-15-6-4-12-7-14(19)5-3-13(12)8-15/h3-9H,1-2H3. The molecule has 0 aliphatic heterocycles. The number of aromatic nitrogens is 2. The van der Waals surface area contributed by atoms with Crippen molar-refractivity contribution in [3.8, 4) is 11.6 Å². The molecule has 0 bridgehead atoms. The Hall–Kier alpha value is -1.98. The lowest BCUT2D eigenvalue weighted by Gasteiger charge is -2.08. The summed E-state index contributed by atoms with van der Waals surface area (Å²) in [7, 11) is 0. The van der Waals surface area contributed by atoms with Crippen LogP contribution in [0.4, 0.5) is 0 Å². The normalized spacial score (nSPS) is 11.3. The van der Waals surface area contributed by atoms with Crippen LogP contribution in [-0.2, 0) is 0 Å². The second kappa shape index (κ2) is 5.58. The topological polar surface area (TPSA) is 35.0 Å². The third-order valence-electron chi connectivity index (χ3n) is 3.92. The summed E-state index contributed by atoms with van der Waals surface area (Å²) in [6.07, 6.45) is 1.56. The van der Waals surface area contributed by atoms with Crippen LogP contribution in [0.2, 0.25) is 0 Å². The highest BCUT2D eigenvalue weighted by Crippen LogP contribution is 2.36. The first-order valence-corrected chi connectivity index (χ1v) is 8.80. The lowest BCUT2D eigenvalue weighted by atomic mass is 10.1. The molecule has 0 saturated carbocycles. The van der Waals surface area contributed by atoms with Gasteiger partial charge in [-0.1, -0.05) is 28.1 Å². The summed E-state index contributed by atoms with van der Waals surface area (Å²) in [5.74, 6) is 1.40. The van der Waals surface area contributed by atoms with Gasteiger partial charge in [0.05, 0.1) is 5.39 Å². The quantitative estimate of drug-likeness (QED) is 0.424. The zero-order chi connectivity index (χ0) is 16.0. The van der Waals surface area contributed by atoms with Crippen LogP contribution in [0.3, 0.4) is 0 Å². The molecule has 0 N–H and O–H groups in total. The van der Waals surface area contributed by atoms with E-state index in [-0.39, 0.29) is 0 Å². The van der Waals surface area contributed by atoms with Gasteiger partial charge in [0.25, 0.3) is 0 Å². The van der Waals surface area contributed by atoms with E-state index in [2.05, 4.69) is 57.9 Å². The Morgan fingerprint density at radius 1 is 1.00 bits per heavy atom. The fraction of sp³-hybridized carbons (Fsp3) is 0.111. The van der Waals surface area contributed by atoms with Crippen molar-refractivity contribution in [2.75, 3.05) is 0 Å². The van der Waals surface area contributed by atoms with E-state index in [1.165, 1.54) is 15.8 Å². The summed E-state index contributed by atoms with van der Waals surface area (Å²) in [6, 6.07) is 12.2. The van der Waals surface area contributed by atoms with Crippen molar-refractivity contribution < 1.29 is 4.74 Å². The molecule has 2 heterocycles. The number of nitrogens with zero attached hydrogens (tertiary/aromatic N) is 2. The van der Waals surface area contributed by atoms with Gasteiger partial charge >= 0.3 is 0 Å². The number of hydrogen-bond acceptors (Lipinski definition) is 4. The third-order valence-corrected chi connectivity index (χ3v) is 5.53. The van der Waals surface area contributed by atoms with Crippen LogP contribution in [0.15, 0.2) is 47.2 Å². The SMILES string of the molecule is Cc1sc2ncnc(Oc3ccc4cc(Br)ccc4c3)c2c1C. The van der Waals surface area contributed by atoms with Crippen LogP contribution in [0.5, 0.6) is 11.6 Å². The summed E-state index contributed by atoms with van der Waals surface area (Å²) in [6.45, 7) is 4.18. The first kappa shape index (κ1) is 14.6. The van der Waals surface area contributed by atoms with Crippen molar-refractivity contribution >= 4 is 48.3 Å². The Kier molecular flexibility index (Phi) is 3.54. The molecule has 4 aromatic rings. The fourth-order valence-electron chi connectivity index (χ4n) is 2.60. The van der Waals surface area contributed by atoms with Crippen molar-refractivity contribution in [1.29, 1.82) is 0 Å². The van der Waals surface area contributed by atoms with E-state index in [1.807, 2.05) is 18.2 Å². The van der Waals surface area contributed by atoms with Gasteiger partial charge in [-0.05, 0) is 54.4 Å². The number of rotatable bonds is 2. The van der Waals surface area contributed by atoms with Crippen molar-refractivity contribution in [2.24, 2.45) is 0 Å². The fourth-order valence-corrected chi connectivity index (χ4v) is 3.96. The van der Waals surface area contributed by atoms with Gasteiger partial charge in [-0.3, -0.25) is 0 Å². The van der Waals surface area contributed by atoms with Crippen LogP contribution in [0.25, 0.3) is 21.0 Å². The molecule has 0 amide bonds. The molecular formula is C18H13BrN2OS. The minimum absolute atomic E-state index is 0.619. The molecule has 0 aliphatic carbocycles. The van der Waals surface area contributed by atoms with Gasteiger partial charge in [-0.2, -0.15) is 0 Å². The van der Waals surface area contributed by atoms with Crippen LogP contribution in [-0.4, -0.2) is 9.97 Å². The molecule has 0 aliphatic rings. The van der Waals surface area contributed by atoms with E-state index >= 15 is 0 Å². The Balaban J connectivity index is 1.80. The van der Waals surface area contributed by atoms with E-state index in [0.29, 0.717) is 5.88 Å². The highest BCUT2D eigenvalue weighted by molar-refractivity contribution is 9.10. The van der Waals surface area contributed by atoms with E-state index in [0.717, 1.165) is 25.8 Å². The van der Waals surface area contributed by atoms with Crippen molar-refractivity contribution in [2.45, 2.75) is 13.8 Å². The molecule has 5 heteroatoms. The predicted molar refractivity (Wildman–Crippen MR) is 98.6 cm³/mol. The molecule has 114 valence electrons. The van der Waals surface area contributed by atoms with E-state index in [1.54, 1.807) is 17.7 Å². The number of aryl methyl sites for hydroxylation is 2. The Morgan fingerprint density at radius 3 is 2.65 bits per heavy atom. The van der Waals surface area contributed by atoms with Crippen LogP contribution >= 0.6 is 27.3 Å². The monoisotopic (exact) mass is 384 g/mol. The lowest BCUT2D eigenvalue weighted by Crippen LogP contribution is -1.90. The van der Waals surface area contributed by atoms with Gasteiger partial charge in [0.15, 0.2) is 0 Å². The molecule has 0 spiro atoms. The van der Waals surface area contributed by atoms with E-state index in [9.17, 15) is 0 Å². The molecule has 0 saturated heterocycles. The molecule has 3 nitrogen and oxygen atoms in total. The molecule has 23 heavy (non-hydrogen) atoms. The van der Waals surface area contributed by atoms with Crippen molar-refractivity contribution in [1.82, 2.24) is 9.97 Å². The van der Waals surface area contributed by atoms with Crippen molar-refractivity contribution in [3.63, 3.8) is 0 Å². The second-order valence-corrected chi connectivity index (χ2v) is 7.52. The maximum absolute atomic E-state index is 6.07. The summed E-state index contributed by atoms with van der Waals surface area (Å²) in [5, 5.41) is 3.31. The highest BCUT2D eigenvalue weighted by Gasteiger charge is 2.13. The van der Waals surface area contributed by atoms with Crippen LogP contribution in [0, 0.1) is 13.8 Å². The summed E-state index contributed by atoms with van der Waals surface area (Å²) >= 11 is 5.17. The number of halogens is 1. The lowest BCUT2D eigenvalue weighted by molar-refractivity contribution is 0.469. The van der Waals surface area contributed by atoms with Gasteiger partial charge in [-0.25, -0.2) is 9.97 Å². The smallest absolute Gasteiger partial charge is 0.231 e. The summed E-state index contributed by atoms with van der Waals surface area (Å²) in [5.41, 5.74) is 1.19. The van der Waals surface area contributed by atoms with Gasteiger partial charge in [0, 0.05) is 9.35 Å². The summed E-state index contributed by atoms with van der Waals surface area (Å²) in [4.78, 5) is 10.9. The molecule has 0 unspecified atom stereocenters. The molecule has 0 radical (unpaired) electrons. The van der Waals surface area contributed by atoms with Gasteiger partial charge in [0.1, 0.15) is 16.9 Å². The predicted octanol–water partition coefficient (Wildman–Crippen LogP) is 6.02. The zero-order valence-corrected chi connectivity index (χ0v) is 15.0. The average Bonchev–Trinajstić information content (AvgIpc) is 2.83. The van der Waals surface area contributed by atoms with Gasteiger partial charge in [-0.15, -0.1) is 11.3 Å². The Morgan fingerprint density at radius 2 is 1.78 bits per heavy atom. The number of fused-ring (bicyclic) bond motifs is 2. The van der Waals surface area contributed by atoms with Gasteiger partial charge < -0.3 is 4.74 Å². The molecule has 2 aromatic heterocycles. The minimum atomic E-state index is 0.619. The number of ether oxygens (including phenoxy) is 1. The maximum atomic E-state index is 6.07. The Bertz CT molecular complexity index is 1040. The first-order valence-electron chi connectivity index (χ1n) is 7.20. The number of hydrogen-bond donors (Lipinski definition) is 0. The molecular weight excluding hydrogens is 372 g/mol. The van der Waals surface area contributed by atoms with Crippen molar-refractivity contribution in [3.05, 3.63) is 57.6 Å². The maximum Gasteiger partial charge on any atom is 0.231 e. The van der Waals surface area contributed by atoms with E-state index in [4.69, 9.17) is 4.74 Å². The Labute approximate surface area is 146 Å². The second-order valence-electron chi connectivity index (χ2n) is 5.40. The van der Waals surface area contributed by atoms with Crippen LogP contribution in [0.1, 0.15) is 10.4 Å². The number of thiophene rings is 1. The highest BCUT2D eigenvalue weighted by atomic mass is 79.9. The largest absolute Gasteiger partial charge is 0.438 e. The average molecular weight is 385 g/mol.